The fraction of sp³-hybridized carbons (Fsp3) is 0.303. The molecule has 1 unspecified atom stereocenters. The first-order valence-corrected chi connectivity index (χ1v) is 15.0. The first-order chi connectivity index (χ1) is 21.7. The third-order valence-corrected chi connectivity index (χ3v) is 8.26. The third-order valence-electron chi connectivity index (χ3n) is 8.26. The molecule has 232 valence electrons. The van der Waals surface area contributed by atoms with E-state index in [9.17, 15) is 14.4 Å². The van der Waals surface area contributed by atoms with Crippen LogP contribution >= 0.6 is 0 Å². The molecule has 5 N–H and O–H groups in total. The minimum absolute atomic E-state index is 0.0174. The number of nitrogens with two attached hydrogens (primary N) is 1. The summed E-state index contributed by atoms with van der Waals surface area (Å²) < 4.78 is 11.2. The molecule has 1 atom stereocenters. The van der Waals surface area contributed by atoms with E-state index in [4.69, 9.17) is 20.6 Å². The molecule has 12 nitrogen and oxygen atoms in total. The molecule has 2 saturated heterocycles. The van der Waals surface area contributed by atoms with E-state index in [1.165, 1.54) is 4.90 Å². The maximum atomic E-state index is 13.1. The second-order valence-electron chi connectivity index (χ2n) is 11.4. The maximum absolute atomic E-state index is 13.1. The van der Waals surface area contributed by atoms with Crippen LogP contribution in [0.5, 0.6) is 5.75 Å². The van der Waals surface area contributed by atoms with Gasteiger partial charge in [-0.3, -0.25) is 15.6 Å². The molecule has 0 spiro atoms. The molecule has 2 aliphatic heterocycles. The Bertz CT molecular complexity index is 1730. The number of aromatic nitrogens is 2. The van der Waals surface area contributed by atoms with Gasteiger partial charge in [0.2, 0.25) is 0 Å². The number of piperidine rings is 1. The van der Waals surface area contributed by atoms with Gasteiger partial charge in [-0.1, -0.05) is 54.6 Å². The van der Waals surface area contributed by atoms with Crippen LogP contribution in [0.15, 0.2) is 66.7 Å². The number of amidine groups is 1. The topological polar surface area (TPSA) is 167 Å². The Morgan fingerprint density at radius 3 is 2.49 bits per heavy atom. The predicted octanol–water partition coefficient (Wildman–Crippen LogP) is 4.00. The summed E-state index contributed by atoms with van der Waals surface area (Å²) in [6, 6.07) is 20.3. The Balaban J connectivity index is 1.06. The van der Waals surface area contributed by atoms with Crippen molar-refractivity contribution in [1.82, 2.24) is 25.3 Å². The summed E-state index contributed by atoms with van der Waals surface area (Å²) in [5, 5.41) is 9.34. The number of nitrogens with one attached hydrogen (secondary N) is 3. The van der Waals surface area contributed by atoms with Crippen LogP contribution in [-0.4, -0.2) is 69.0 Å². The first kappa shape index (κ1) is 29.8. The van der Waals surface area contributed by atoms with E-state index in [0.29, 0.717) is 56.5 Å². The standard InChI is InChI=1S/C33H35N7O5/c1-20-36-26-13-14-27(25(29(26)37-20)12-9-21-7-10-23(11-8-21)30(34)35)44-32(42)38-39-17-15-24(16-18-39)40-31(41)28(45-33(40)43)19-22-5-3-2-4-6-22/h2-8,10-11,13-14,24,28H,9,12,15-19H2,1H3,(H3,34,35)(H,36,37)(H,38,42). The van der Waals surface area contributed by atoms with E-state index >= 15 is 0 Å². The molecule has 2 aliphatic rings. The number of nitrogen functional groups attached to an aromatic ring is 1. The number of imide groups is 1. The van der Waals surface area contributed by atoms with Gasteiger partial charge >= 0.3 is 12.2 Å². The number of hydrazine groups is 1. The molecule has 3 aromatic carbocycles. The van der Waals surface area contributed by atoms with Crippen molar-refractivity contribution in [2.24, 2.45) is 5.73 Å². The number of imidazole rings is 1. The second kappa shape index (κ2) is 12.8. The van der Waals surface area contributed by atoms with E-state index in [2.05, 4.69) is 15.4 Å². The van der Waals surface area contributed by atoms with Crippen LogP contribution in [0.25, 0.3) is 11.0 Å². The van der Waals surface area contributed by atoms with Gasteiger partial charge in [0.1, 0.15) is 17.4 Å². The van der Waals surface area contributed by atoms with Crippen LogP contribution in [0.4, 0.5) is 9.59 Å². The van der Waals surface area contributed by atoms with Crippen molar-refractivity contribution in [2.45, 2.75) is 51.2 Å². The summed E-state index contributed by atoms with van der Waals surface area (Å²) in [5.74, 6) is 0.870. The number of hydrogen-bond donors (Lipinski definition) is 4. The zero-order chi connectivity index (χ0) is 31.5. The van der Waals surface area contributed by atoms with Crippen LogP contribution < -0.4 is 15.9 Å². The number of carbonyl (C=O) groups excluding carboxylic acids is 3. The summed E-state index contributed by atoms with van der Waals surface area (Å²) in [6.07, 6.45) is 0.488. The van der Waals surface area contributed by atoms with Gasteiger partial charge in [0.25, 0.3) is 5.91 Å². The Kier molecular flexibility index (Phi) is 8.47. The molecule has 2 fully saturated rings. The van der Waals surface area contributed by atoms with Crippen LogP contribution in [0.2, 0.25) is 0 Å². The fourth-order valence-electron chi connectivity index (χ4n) is 5.94. The molecule has 0 bridgehead atoms. The fourth-order valence-corrected chi connectivity index (χ4v) is 5.94. The largest absolute Gasteiger partial charge is 0.435 e. The van der Waals surface area contributed by atoms with E-state index < -0.39 is 18.3 Å². The van der Waals surface area contributed by atoms with E-state index in [0.717, 1.165) is 33.5 Å². The Morgan fingerprint density at radius 1 is 1.04 bits per heavy atom. The normalized spacial score (nSPS) is 17.4. The minimum atomic E-state index is -0.823. The first-order valence-electron chi connectivity index (χ1n) is 15.0. The van der Waals surface area contributed by atoms with Gasteiger partial charge in [-0.25, -0.2) is 24.5 Å². The zero-order valence-electron chi connectivity index (χ0n) is 24.9. The number of aryl methyl sites for hydroxylation is 3. The van der Waals surface area contributed by atoms with Crippen LogP contribution in [0.3, 0.4) is 0 Å². The number of amides is 3. The molecule has 3 amide bonds. The van der Waals surface area contributed by atoms with Gasteiger partial charge in [-0.15, -0.1) is 0 Å². The molecule has 1 aromatic heterocycles. The summed E-state index contributed by atoms with van der Waals surface area (Å²) in [4.78, 5) is 47.8. The van der Waals surface area contributed by atoms with Gasteiger partial charge < -0.3 is 20.2 Å². The average Bonchev–Trinajstić information content (AvgIpc) is 3.54. The number of benzene rings is 3. The second-order valence-corrected chi connectivity index (χ2v) is 11.4. The molecule has 4 aromatic rings. The van der Waals surface area contributed by atoms with Crippen molar-refractivity contribution in [3.63, 3.8) is 0 Å². The van der Waals surface area contributed by atoms with Crippen molar-refractivity contribution in [3.05, 3.63) is 94.8 Å². The highest BCUT2D eigenvalue weighted by Gasteiger charge is 2.45. The van der Waals surface area contributed by atoms with Gasteiger partial charge in [-0.05, 0) is 55.9 Å². The number of fused-ring (bicyclic) bond motifs is 1. The summed E-state index contributed by atoms with van der Waals surface area (Å²) >= 11 is 0. The van der Waals surface area contributed by atoms with Crippen molar-refractivity contribution >= 4 is 35.0 Å². The van der Waals surface area contributed by atoms with Crippen molar-refractivity contribution < 1.29 is 23.9 Å². The smallest absolute Gasteiger partial charge is 0.427 e. The number of cyclic esters (lactones) is 1. The lowest BCUT2D eigenvalue weighted by molar-refractivity contribution is -0.131. The van der Waals surface area contributed by atoms with Gasteiger partial charge in [0.05, 0.1) is 11.0 Å². The number of H-pyrrole nitrogens is 1. The lowest BCUT2D eigenvalue weighted by atomic mass is 10.0. The molecule has 12 heteroatoms. The Morgan fingerprint density at radius 2 is 1.78 bits per heavy atom. The van der Waals surface area contributed by atoms with Crippen LogP contribution in [0, 0.1) is 12.3 Å². The van der Waals surface area contributed by atoms with Crippen LogP contribution in [-0.2, 0) is 28.8 Å². The summed E-state index contributed by atoms with van der Waals surface area (Å²) in [7, 11) is 0. The van der Waals surface area contributed by atoms with E-state index in [1.54, 1.807) is 11.1 Å². The van der Waals surface area contributed by atoms with E-state index in [1.807, 2.05) is 67.6 Å². The SMILES string of the molecule is Cc1nc2c(CCc3ccc(C(=N)N)cc3)c(OC(=O)NN3CCC(N4C(=O)OC(Cc5ccccc5)C4=O)CC3)ccc2[nH]1. The van der Waals surface area contributed by atoms with Crippen LogP contribution in [0.1, 0.15) is 40.9 Å². The highest BCUT2D eigenvalue weighted by Crippen LogP contribution is 2.29. The number of aromatic amines is 1. The lowest BCUT2D eigenvalue weighted by Gasteiger charge is -2.34. The molecule has 0 saturated carbocycles. The molecular weight excluding hydrogens is 574 g/mol. The third kappa shape index (κ3) is 6.65. The summed E-state index contributed by atoms with van der Waals surface area (Å²) in [5.41, 5.74) is 13.4. The molecule has 45 heavy (non-hydrogen) atoms. The van der Waals surface area contributed by atoms with Gasteiger partial charge in [0, 0.05) is 36.7 Å². The number of carbonyl (C=O) groups is 3. The monoisotopic (exact) mass is 609 g/mol. The highest BCUT2D eigenvalue weighted by atomic mass is 16.6. The molecular formula is C33H35N7O5. The summed E-state index contributed by atoms with van der Waals surface area (Å²) in [6.45, 7) is 2.74. The molecule has 0 radical (unpaired) electrons. The van der Waals surface area contributed by atoms with Crippen molar-refractivity contribution in [1.29, 1.82) is 5.41 Å². The molecule has 6 rings (SSSR count). The minimum Gasteiger partial charge on any atom is -0.435 e. The van der Waals surface area contributed by atoms with Gasteiger partial charge in [0.15, 0.2) is 6.10 Å². The average molecular weight is 610 g/mol. The lowest BCUT2D eigenvalue weighted by Crippen LogP contribution is -2.53. The number of nitrogens with zero attached hydrogens (tertiary/aromatic N) is 3. The van der Waals surface area contributed by atoms with Crippen molar-refractivity contribution in [3.8, 4) is 5.75 Å². The van der Waals surface area contributed by atoms with Crippen molar-refractivity contribution in [2.75, 3.05) is 13.1 Å². The molecule has 0 aliphatic carbocycles. The van der Waals surface area contributed by atoms with Gasteiger partial charge in [-0.2, -0.15) is 0 Å². The Labute approximate surface area is 260 Å². The predicted molar refractivity (Wildman–Crippen MR) is 167 cm³/mol. The number of hydrogen-bond acceptors (Lipinski definition) is 8. The zero-order valence-corrected chi connectivity index (χ0v) is 24.9. The Hall–Kier alpha value is -5.23. The highest BCUT2D eigenvalue weighted by molar-refractivity contribution is 6.00. The number of ether oxygens (including phenoxy) is 2. The van der Waals surface area contributed by atoms with E-state index in [-0.39, 0.29) is 17.8 Å². The maximum Gasteiger partial charge on any atom is 0.427 e. The molecule has 3 heterocycles. The number of rotatable bonds is 9. The quantitative estimate of drug-likeness (QED) is 0.163.